The molecule has 0 bridgehead atoms. The molecule has 1 aromatic rings. The van der Waals surface area contributed by atoms with Crippen LogP contribution in [-0.2, 0) is 59.2 Å². The molecular weight excluding hydrogens is 1100 g/mol. The van der Waals surface area contributed by atoms with Crippen LogP contribution in [0.25, 0.3) is 0 Å². The van der Waals surface area contributed by atoms with E-state index < -0.39 is 156 Å². The maximum absolute atomic E-state index is 14.5. The number of rotatable bonds is 29. The van der Waals surface area contributed by atoms with E-state index in [-0.39, 0.29) is 77.7 Å². The Morgan fingerprint density at radius 2 is 1.06 bits per heavy atom. The van der Waals surface area contributed by atoms with Crippen molar-refractivity contribution in [1.82, 2.24) is 58.5 Å². The number of hydrogen-bond acceptors (Lipinski definition) is 18. The van der Waals surface area contributed by atoms with Gasteiger partial charge in [0.05, 0.1) is 12.2 Å². The topological polar surface area (TPSA) is 491 Å². The van der Waals surface area contributed by atoms with Gasteiger partial charge in [-0.3, -0.25) is 52.7 Å². The Kier molecular flexibility index (Phi) is 34.6. The van der Waals surface area contributed by atoms with Gasteiger partial charge in [0, 0.05) is 19.4 Å². The first kappa shape index (κ1) is 74.2. The quantitative estimate of drug-likeness (QED) is 0.0333. The molecule has 1 aliphatic heterocycles. The lowest BCUT2D eigenvalue weighted by atomic mass is 9.96. The molecule has 0 aromatic heterocycles. The summed E-state index contributed by atoms with van der Waals surface area (Å²) < 4.78 is 0. The van der Waals surface area contributed by atoms with Crippen LogP contribution >= 0.6 is 0 Å². The van der Waals surface area contributed by atoms with Crippen molar-refractivity contribution in [2.75, 3.05) is 39.3 Å². The van der Waals surface area contributed by atoms with E-state index in [2.05, 4.69) is 72.3 Å². The van der Waals surface area contributed by atoms with Gasteiger partial charge in [0.1, 0.15) is 60.4 Å². The van der Waals surface area contributed by atoms with E-state index in [1.807, 2.05) is 0 Å². The third kappa shape index (κ3) is 26.1. The van der Waals surface area contributed by atoms with E-state index in [1.54, 1.807) is 44.2 Å². The summed E-state index contributed by atoms with van der Waals surface area (Å²) >= 11 is 0. The highest BCUT2D eigenvalue weighted by atomic mass is 16.3. The molecule has 1 fully saturated rings. The van der Waals surface area contributed by atoms with Crippen molar-refractivity contribution in [2.45, 2.75) is 198 Å². The fourth-order valence-electron chi connectivity index (χ4n) is 9.09. The van der Waals surface area contributed by atoms with Gasteiger partial charge in [-0.2, -0.15) is 0 Å². The van der Waals surface area contributed by atoms with Crippen LogP contribution in [0.3, 0.4) is 0 Å². The van der Waals surface area contributed by atoms with Crippen molar-refractivity contribution in [3.63, 3.8) is 0 Å². The number of benzene rings is 1. The Balaban J connectivity index is 2.68. The van der Waals surface area contributed by atoms with Gasteiger partial charge in [0.2, 0.25) is 65.0 Å². The van der Waals surface area contributed by atoms with E-state index in [1.165, 1.54) is 13.8 Å². The number of carbonyl (C=O) groups is 11. The highest BCUT2D eigenvalue weighted by Crippen LogP contribution is 2.14. The van der Waals surface area contributed by atoms with E-state index >= 15 is 0 Å². The Morgan fingerprint density at radius 3 is 1.58 bits per heavy atom. The van der Waals surface area contributed by atoms with Gasteiger partial charge < -0.3 is 97.4 Å². The second kappa shape index (κ2) is 39.7. The summed E-state index contributed by atoms with van der Waals surface area (Å²) in [6.45, 7) is 8.87. The van der Waals surface area contributed by atoms with Crippen LogP contribution in [0.1, 0.15) is 124 Å². The SMILES string of the molecule is CC[C@H](C)CCCCC(=O)N[C@@H](CCN)C(=O)N[C@H](C(=O)N[C@@H](CCN)C(=O)N[C@H]1CCNC(=O)[C@H]([C@@H](C)O)NC(=O)C(CCN)NC(=O)[C@H](CCN)NC(=O)[C@H]([C@@H](C)CC)NC(=O)C(Cc2ccccc2)NC(=O)C(CCN)NC1=O)[C@@H](C)O. The van der Waals surface area contributed by atoms with Crippen molar-refractivity contribution in [3.8, 4) is 0 Å². The number of nitrogens with two attached hydrogens (primary N) is 5. The van der Waals surface area contributed by atoms with E-state index in [4.69, 9.17) is 28.7 Å². The van der Waals surface area contributed by atoms with Crippen molar-refractivity contribution in [1.29, 1.82) is 0 Å². The Bertz CT molecular complexity index is 2320. The molecule has 14 atom stereocenters. The number of hydrogen-bond donors (Lipinski definition) is 18. The predicted octanol–water partition coefficient (Wildman–Crippen LogP) is -5.24. The zero-order valence-corrected chi connectivity index (χ0v) is 50.2. The predicted molar refractivity (Wildman–Crippen MR) is 316 cm³/mol. The van der Waals surface area contributed by atoms with Gasteiger partial charge in [-0.15, -0.1) is 0 Å². The van der Waals surface area contributed by atoms with Crippen LogP contribution in [-0.4, -0.2) is 187 Å². The van der Waals surface area contributed by atoms with Crippen LogP contribution < -0.4 is 87.2 Å². The van der Waals surface area contributed by atoms with Gasteiger partial charge in [0.15, 0.2) is 0 Å². The standard InChI is InChI=1S/C56H98N16O13/c1-7-31(3)14-12-13-17-43(75)63-36(18-24-57)51(80)72-46(34(6)74)56(85)68-39(21-27-60)48(77)66-41-23-29-62-54(83)45(33(5)73)71-52(81)40(22-28-61)65-47(76)38(20-26-59)67-55(84)44(32(4)8-2)70-53(82)42(30-35-15-10-9-11-16-35)69-49(78)37(19-25-58)64-50(41)79/h9-11,15-16,31-34,36-42,44-46,73-74H,7-8,12-14,17-30,57-61H2,1-6H3,(H,62,83)(H,63,75)(H,64,79)(H,65,76)(H,66,77)(H,67,84)(H,68,85)(H,69,78)(H,70,82)(H,71,81)(H,72,80)/t31-,32-,33+,34+,36-,37?,38-,39-,40?,41-,42?,44-,45-,46-/m0/s1. The Morgan fingerprint density at radius 1 is 0.553 bits per heavy atom. The number of nitrogens with one attached hydrogen (secondary N) is 11. The number of amides is 11. The molecule has 29 nitrogen and oxygen atoms in total. The monoisotopic (exact) mass is 1200 g/mol. The first-order valence-electron chi connectivity index (χ1n) is 29.6. The molecule has 29 heteroatoms. The summed E-state index contributed by atoms with van der Waals surface area (Å²) in [4.78, 5) is 154. The minimum Gasteiger partial charge on any atom is -0.391 e. The molecule has 3 unspecified atom stereocenters. The van der Waals surface area contributed by atoms with E-state index in [0.717, 1.165) is 19.3 Å². The van der Waals surface area contributed by atoms with Crippen molar-refractivity contribution in [3.05, 3.63) is 35.9 Å². The number of aliphatic hydroxyl groups is 2. The van der Waals surface area contributed by atoms with Crippen LogP contribution in [0, 0.1) is 11.8 Å². The molecule has 1 aliphatic rings. The van der Waals surface area contributed by atoms with Crippen molar-refractivity contribution < 1.29 is 63.0 Å². The molecule has 1 heterocycles. The normalized spacial score (nSPS) is 23.2. The highest BCUT2D eigenvalue weighted by molar-refractivity contribution is 5.99. The molecule has 1 aromatic carbocycles. The molecule has 0 saturated carbocycles. The maximum atomic E-state index is 14.5. The summed E-state index contributed by atoms with van der Waals surface area (Å²) in [5.74, 6) is -9.81. The fraction of sp³-hybridized carbons (Fsp3) is 0.696. The molecule has 11 amide bonds. The van der Waals surface area contributed by atoms with Gasteiger partial charge in [-0.1, -0.05) is 83.7 Å². The summed E-state index contributed by atoms with van der Waals surface area (Å²) in [6.07, 6.45) is -0.756. The second-order valence-corrected chi connectivity index (χ2v) is 21.7. The summed E-state index contributed by atoms with van der Waals surface area (Å²) in [5, 5.41) is 49.7. The Hall–Kier alpha value is -6.89. The minimum absolute atomic E-state index is 0.0173. The van der Waals surface area contributed by atoms with Crippen molar-refractivity contribution in [2.24, 2.45) is 40.5 Å². The zero-order chi connectivity index (χ0) is 63.8. The molecule has 85 heavy (non-hydrogen) atoms. The lowest BCUT2D eigenvalue weighted by Gasteiger charge is -2.30. The molecule has 480 valence electrons. The fourth-order valence-corrected chi connectivity index (χ4v) is 9.09. The minimum atomic E-state index is -1.70. The third-order valence-electron chi connectivity index (χ3n) is 14.7. The molecule has 1 saturated heterocycles. The number of aliphatic hydroxyl groups excluding tert-OH is 2. The van der Waals surface area contributed by atoms with Crippen molar-refractivity contribution >= 4 is 65.0 Å². The average Bonchev–Trinajstić information content (AvgIpc) is 3.69. The number of carbonyl (C=O) groups excluding carboxylic acids is 11. The van der Waals surface area contributed by atoms with E-state index in [9.17, 15) is 63.0 Å². The van der Waals surface area contributed by atoms with Crippen LogP contribution in [0.4, 0.5) is 0 Å². The average molecular weight is 1200 g/mol. The molecule has 0 radical (unpaired) electrons. The van der Waals surface area contributed by atoms with Crippen LogP contribution in [0.15, 0.2) is 30.3 Å². The smallest absolute Gasteiger partial charge is 0.245 e. The molecule has 2 rings (SSSR count). The second-order valence-electron chi connectivity index (χ2n) is 21.7. The molecule has 0 spiro atoms. The van der Waals surface area contributed by atoms with Gasteiger partial charge >= 0.3 is 0 Å². The first-order valence-corrected chi connectivity index (χ1v) is 29.6. The Labute approximate surface area is 498 Å². The van der Waals surface area contributed by atoms with Crippen LogP contribution in [0.5, 0.6) is 0 Å². The molecular formula is C56H98N16O13. The van der Waals surface area contributed by atoms with E-state index in [0.29, 0.717) is 24.3 Å². The lowest BCUT2D eigenvalue weighted by Crippen LogP contribution is -2.62. The van der Waals surface area contributed by atoms with Crippen LogP contribution in [0.2, 0.25) is 0 Å². The molecule has 23 N–H and O–H groups in total. The maximum Gasteiger partial charge on any atom is 0.245 e. The number of unbranched alkanes of at least 4 members (excludes halogenated alkanes) is 1. The third-order valence-corrected chi connectivity index (χ3v) is 14.7. The lowest BCUT2D eigenvalue weighted by molar-refractivity contribution is -0.137. The van der Waals surface area contributed by atoms with Gasteiger partial charge in [-0.25, -0.2) is 0 Å². The molecule has 0 aliphatic carbocycles. The summed E-state index contributed by atoms with van der Waals surface area (Å²) in [6, 6.07) is -6.25. The zero-order valence-electron chi connectivity index (χ0n) is 50.2. The first-order chi connectivity index (χ1) is 40.4. The van der Waals surface area contributed by atoms with Gasteiger partial charge in [0.25, 0.3) is 0 Å². The summed E-state index contributed by atoms with van der Waals surface area (Å²) in [5.41, 5.74) is 29.9. The highest BCUT2D eigenvalue weighted by Gasteiger charge is 2.38. The van der Waals surface area contributed by atoms with Gasteiger partial charge in [-0.05, 0) is 109 Å². The largest absolute Gasteiger partial charge is 0.391 e. The summed E-state index contributed by atoms with van der Waals surface area (Å²) in [7, 11) is 0.